The van der Waals surface area contributed by atoms with Crippen LogP contribution in [0.25, 0.3) is 0 Å². The standard InChI is InChI=1S/C13H26N2O/c1-12(13-5-10-16-11-13)14-6-4-9-15-7-2-3-8-15/h12-14H,2-11H2,1H3. The number of hydrogen-bond acceptors (Lipinski definition) is 3. The summed E-state index contributed by atoms with van der Waals surface area (Å²) < 4.78 is 5.42. The molecular weight excluding hydrogens is 200 g/mol. The van der Waals surface area contributed by atoms with E-state index in [-0.39, 0.29) is 0 Å². The minimum atomic E-state index is 0.626. The Morgan fingerprint density at radius 3 is 2.88 bits per heavy atom. The van der Waals surface area contributed by atoms with E-state index in [4.69, 9.17) is 4.74 Å². The van der Waals surface area contributed by atoms with Crippen LogP contribution in [0.5, 0.6) is 0 Å². The molecule has 2 aliphatic heterocycles. The molecule has 2 atom stereocenters. The zero-order chi connectivity index (χ0) is 11.2. The normalized spacial score (nSPS) is 28.7. The van der Waals surface area contributed by atoms with Crippen molar-refractivity contribution < 1.29 is 4.74 Å². The van der Waals surface area contributed by atoms with Crippen LogP contribution in [0, 0.1) is 5.92 Å². The van der Waals surface area contributed by atoms with Crippen molar-refractivity contribution in [3.05, 3.63) is 0 Å². The molecule has 0 spiro atoms. The molecule has 2 heterocycles. The Morgan fingerprint density at radius 1 is 1.38 bits per heavy atom. The van der Waals surface area contributed by atoms with Gasteiger partial charge in [0.2, 0.25) is 0 Å². The van der Waals surface area contributed by atoms with Gasteiger partial charge in [0, 0.05) is 12.6 Å². The third-order valence-electron chi connectivity index (χ3n) is 3.99. The van der Waals surface area contributed by atoms with E-state index in [9.17, 15) is 0 Å². The molecule has 94 valence electrons. The van der Waals surface area contributed by atoms with E-state index in [0.717, 1.165) is 25.7 Å². The zero-order valence-electron chi connectivity index (χ0n) is 10.6. The topological polar surface area (TPSA) is 24.5 Å². The Balaban J connectivity index is 1.50. The molecule has 16 heavy (non-hydrogen) atoms. The van der Waals surface area contributed by atoms with Gasteiger partial charge in [-0.3, -0.25) is 0 Å². The van der Waals surface area contributed by atoms with Crippen molar-refractivity contribution in [3.8, 4) is 0 Å². The van der Waals surface area contributed by atoms with Gasteiger partial charge in [-0.15, -0.1) is 0 Å². The number of ether oxygens (including phenoxy) is 1. The van der Waals surface area contributed by atoms with Crippen LogP contribution in [0.1, 0.15) is 32.6 Å². The van der Waals surface area contributed by atoms with Gasteiger partial charge in [0.05, 0.1) is 6.61 Å². The molecule has 2 saturated heterocycles. The number of hydrogen-bond donors (Lipinski definition) is 1. The van der Waals surface area contributed by atoms with Gasteiger partial charge in [-0.2, -0.15) is 0 Å². The lowest BCUT2D eigenvalue weighted by Gasteiger charge is -2.20. The van der Waals surface area contributed by atoms with Crippen LogP contribution in [-0.2, 0) is 4.74 Å². The van der Waals surface area contributed by atoms with Gasteiger partial charge in [-0.25, -0.2) is 0 Å². The van der Waals surface area contributed by atoms with Gasteiger partial charge in [0.1, 0.15) is 0 Å². The van der Waals surface area contributed by atoms with E-state index in [1.807, 2.05) is 0 Å². The summed E-state index contributed by atoms with van der Waals surface area (Å²) in [7, 11) is 0. The Bertz CT molecular complexity index is 186. The molecule has 2 unspecified atom stereocenters. The molecule has 0 saturated carbocycles. The number of rotatable bonds is 6. The van der Waals surface area contributed by atoms with Gasteiger partial charge in [0.15, 0.2) is 0 Å². The maximum Gasteiger partial charge on any atom is 0.0509 e. The van der Waals surface area contributed by atoms with Crippen LogP contribution in [-0.4, -0.2) is 50.3 Å². The summed E-state index contributed by atoms with van der Waals surface area (Å²) >= 11 is 0. The fraction of sp³-hybridized carbons (Fsp3) is 1.00. The average molecular weight is 226 g/mol. The average Bonchev–Trinajstić information content (AvgIpc) is 2.96. The highest BCUT2D eigenvalue weighted by Crippen LogP contribution is 2.16. The van der Waals surface area contributed by atoms with Crippen LogP contribution in [0.4, 0.5) is 0 Å². The van der Waals surface area contributed by atoms with Gasteiger partial charge in [0.25, 0.3) is 0 Å². The largest absolute Gasteiger partial charge is 0.381 e. The van der Waals surface area contributed by atoms with Crippen molar-refractivity contribution in [1.82, 2.24) is 10.2 Å². The predicted octanol–water partition coefficient (Wildman–Crippen LogP) is 1.49. The molecule has 0 aromatic heterocycles. The van der Waals surface area contributed by atoms with E-state index in [0.29, 0.717) is 6.04 Å². The highest BCUT2D eigenvalue weighted by atomic mass is 16.5. The van der Waals surface area contributed by atoms with E-state index in [1.165, 1.54) is 45.3 Å². The molecule has 3 nitrogen and oxygen atoms in total. The Labute approximate surface area is 99.5 Å². The lowest BCUT2D eigenvalue weighted by molar-refractivity contribution is 0.178. The van der Waals surface area contributed by atoms with Crippen LogP contribution in [0.15, 0.2) is 0 Å². The molecule has 0 amide bonds. The number of nitrogens with zero attached hydrogens (tertiary/aromatic N) is 1. The van der Waals surface area contributed by atoms with Crippen molar-refractivity contribution in [3.63, 3.8) is 0 Å². The zero-order valence-corrected chi connectivity index (χ0v) is 10.6. The number of likely N-dealkylation sites (tertiary alicyclic amines) is 1. The highest BCUT2D eigenvalue weighted by molar-refractivity contribution is 4.76. The Hall–Kier alpha value is -0.120. The Kier molecular flexibility index (Phi) is 5.07. The van der Waals surface area contributed by atoms with Gasteiger partial charge in [-0.05, 0) is 64.7 Å². The molecule has 2 fully saturated rings. The maximum absolute atomic E-state index is 5.42. The fourth-order valence-corrected chi connectivity index (χ4v) is 2.75. The van der Waals surface area contributed by atoms with Gasteiger partial charge < -0.3 is 15.0 Å². The number of nitrogens with one attached hydrogen (secondary N) is 1. The second-order valence-corrected chi connectivity index (χ2v) is 5.27. The van der Waals surface area contributed by atoms with Crippen molar-refractivity contribution in [2.45, 2.75) is 38.6 Å². The van der Waals surface area contributed by atoms with Crippen LogP contribution in [0.2, 0.25) is 0 Å². The lowest BCUT2D eigenvalue weighted by Crippen LogP contribution is -2.35. The van der Waals surface area contributed by atoms with Crippen molar-refractivity contribution in [2.75, 3.05) is 39.4 Å². The summed E-state index contributed by atoms with van der Waals surface area (Å²) in [5.74, 6) is 0.742. The van der Waals surface area contributed by atoms with E-state index in [2.05, 4.69) is 17.1 Å². The molecule has 2 rings (SSSR count). The van der Waals surface area contributed by atoms with Crippen LogP contribution < -0.4 is 5.32 Å². The summed E-state index contributed by atoms with van der Waals surface area (Å²) in [5.41, 5.74) is 0. The molecule has 0 aliphatic carbocycles. The summed E-state index contributed by atoms with van der Waals surface area (Å²) in [6, 6.07) is 0.626. The summed E-state index contributed by atoms with van der Waals surface area (Å²) in [6.45, 7) is 9.31. The second kappa shape index (κ2) is 6.58. The molecule has 0 bridgehead atoms. The second-order valence-electron chi connectivity index (χ2n) is 5.27. The third-order valence-corrected chi connectivity index (χ3v) is 3.99. The van der Waals surface area contributed by atoms with E-state index < -0.39 is 0 Å². The first-order chi connectivity index (χ1) is 7.86. The predicted molar refractivity (Wildman–Crippen MR) is 66.7 cm³/mol. The van der Waals surface area contributed by atoms with Gasteiger partial charge >= 0.3 is 0 Å². The van der Waals surface area contributed by atoms with E-state index >= 15 is 0 Å². The Morgan fingerprint density at radius 2 is 2.19 bits per heavy atom. The molecule has 1 N–H and O–H groups in total. The third kappa shape index (κ3) is 3.72. The van der Waals surface area contributed by atoms with Crippen molar-refractivity contribution in [2.24, 2.45) is 5.92 Å². The summed E-state index contributed by atoms with van der Waals surface area (Å²) in [4.78, 5) is 2.59. The molecule has 0 radical (unpaired) electrons. The SMILES string of the molecule is CC(NCCCN1CCCC1)C1CCOC1. The van der Waals surface area contributed by atoms with Gasteiger partial charge in [-0.1, -0.05) is 0 Å². The maximum atomic E-state index is 5.42. The summed E-state index contributed by atoms with van der Waals surface area (Å²) in [6.07, 6.45) is 5.34. The fourth-order valence-electron chi connectivity index (χ4n) is 2.75. The smallest absolute Gasteiger partial charge is 0.0509 e. The first-order valence-electron chi connectivity index (χ1n) is 6.90. The first-order valence-corrected chi connectivity index (χ1v) is 6.90. The minimum absolute atomic E-state index is 0.626. The molecule has 3 heteroatoms. The van der Waals surface area contributed by atoms with Crippen molar-refractivity contribution >= 4 is 0 Å². The first kappa shape index (κ1) is 12.3. The monoisotopic (exact) mass is 226 g/mol. The quantitative estimate of drug-likeness (QED) is 0.694. The minimum Gasteiger partial charge on any atom is -0.381 e. The lowest BCUT2D eigenvalue weighted by atomic mass is 10.0. The van der Waals surface area contributed by atoms with E-state index in [1.54, 1.807) is 0 Å². The van der Waals surface area contributed by atoms with Crippen molar-refractivity contribution in [1.29, 1.82) is 0 Å². The molecular formula is C13H26N2O. The van der Waals surface area contributed by atoms with Crippen LogP contribution >= 0.6 is 0 Å². The van der Waals surface area contributed by atoms with Crippen LogP contribution in [0.3, 0.4) is 0 Å². The summed E-state index contributed by atoms with van der Waals surface area (Å²) in [5, 5.41) is 3.64. The molecule has 0 aromatic rings. The highest BCUT2D eigenvalue weighted by Gasteiger charge is 2.21. The molecule has 2 aliphatic rings. The molecule has 0 aromatic carbocycles.